The van der Waals surface area contributed by atoms with E-state index < -0.39 is 5.78 Å². The van der Waals surface area contributed by atoms with Gasteiger partial charge >= 0.3 is 0 Å². The molecule has 0 atom stereocenters. The van der Waals surface area contributed by atoms with Crippen molar-refractivity contribution in [1.82, 2.24) is 15.2 Å². The third-order valence-electron chi connectivity index (χ3n) is 2.91. The Balaban J connectivity index is 1.82. The molecule has 0 radical (unpaired) electrons. The molecule has 0 aliphatic carbocycles. The van der Waals surface area contributed by atoms with Gasteiger partial charge in [-0.1, -0.05) is 11.8 Å². The first kappa shape index (κ1) is 14.9. The second-order valence-corrected chi connectivity index (χ2v) is 5.57. The number of aliphatic hydroxyl groups is 1. The number of benzene rings is 1. The normalized spacial score (nSPS) is 11.6. The SMILES string of the molecule is Nc1ccc(Sc2occc2C(O)=CC(=O)c2ncn[nH]2)cc1. The predicted molar refractivity (Wildman–Crippen MR) is 85.0 cm³/mol. The second kappa shape index (κ2) is 6.41. The van der Waals surface area contributed by atoms with Crippen molar-refractivity contribution in [2.24, 2.45) is 0 Å². The van der Waals surface area contributed by atoms with Crippen LogP contribution in [0.4, 0.5) is 5.69 Å². The van der Waals surface area contributed by atoms with Gasteiger partial charge in [0.2, 0.25) is 5.78 Å². The number of nitrogen functional groups attached to an aromatic ring is 1. The maximum Gasteiger partial charge on any atom is 0.226 e. The van der Waals surface area contributed by atoms with Crippen LogP contribution >= 0.6 is 11.8 Å². The molecule has 0 amide bonds. The number of hydrogen-bond acceptors (Lipinski definition) is 7. The van der Waals surface area contributed by atoms with Crippen LogP contribution in [0.1, 0.15) is 16.2 Å². The summed E-state index contributed by atoms with van der Waals surface area (Å²) < 4.78 is 5.38. The molecule has 0 saturated heterocycles. The number of ketones is 1. The van der Waals surface area contributed by atoms with Gasteiger partial charge in [0.05, 0.1) is 11.8 Å². The molecule has 0 aliphatic heterocycles. The highest BCUT2D eigenvalue weighted by Gasteiger charge is 2.15. The van der Waals surface area contributed by atoms with E-state index in [-0.39, 0.29) is 11.6 Å². The topological polar surface area (TPSA) is 118 Å². The van der Waals surface area contributed by atoms with Gasteiger partial charge in [-0.2, -0.15) is 5.10 Å². The molecule has 0 aliphatic rings. The zero-order chi connectivity index (χ0) is 16.2. The minimum Gasteiger partial charge on any atom is -0.507 e. The van der Waals surface area contributed by atoms with E-state index in [0.717, 1.165) is 11.0 Å². The number of allylic oxidation sites excluding steroid dienone is 1. The molecule has 116 valence electrons. The fraction of sp³-hybridized carbons (Fsp3) is 0. The van der Waals surface area contributed by atoms with Crippen LogP contribution in [-0.2, 0) is 0 Å². The Kier molecular flexibility index (Phi) is 4.15. The van der Waals surface area contributed by atoms with Gasteiger partial charge in [-0.3, -0.25) is 9.89 Å². The smallest absolute Gasteiger partial charge is 0.226 e. The summed E-state index contributed by atoms with van der Waals surface area (Å²) in [6, 6.07) is 8.81. The van der Waals surface area contributed by atoms with Gasteiger partial charge in [0.15, 0.2) is 10.9 Å². The number of furan rings is 1. The van der Waals surface area contributed by atoms with E-state index in [1.807, 2.05) is 12.1 Å². The molecule has 0 fully saturated rings. The van der Waals surface area contributed by atoms with E-state index in [4.69, 9.17) is 10.2 Å². The fourth-order valence-corrected chi connectivity index (χ4v) is 2.67. The number of aliphatic hydroxyl groups excluding tert-OH is 1. The van der Waals surface area contributed by atoms with Crippen molar-refractivity contribution in [3.8, 4) is 0 Å². The van der Waals surface area contributed by atoms with Gasteiger partial charge in [-0.15, -0.1) is 0 Å². The van der Waals surface area contributed by atoms with Crippen molar-refractivity contribution < 1.29 is 14.3 Å². The number of H-pyrrole nitrogens is 1. The summed E-state index contributed by atoms with van der Waals surface area (Å²) in [7, 11) is 0. The lowest BCUT2D eigenvalue weighted by molar-refractivity contribution is 0.103. The molecule has 0 spiro atoms. The summed E-state index contributed by atoms with van der Waals surface area (Å²) >= 11 is 1.31. The number of anilines is 1. The van der Waals surface area contributed by atoms with E-state index in [9.17, 15) is 9.90 Å². The molecule has 8 heteroatoms. The monoisotopic (exact) mass is 328 g/mol. The molecule has 23 heavy (non-hydrogen) atoms. The number of aromatic nitrogens is 3. The van der Waals surface area contributed by atoms with Crippen LogP contribution in [0.2, 0.25) is 0 Å². The molecule has 3 rings (SSSR count). The summed E-state index contributed by atoms with van der Waals surface area (Å²) in [6.07, 6.45) is 3.73. The first-order valence-corrected chi connectivity index (χ1v) is 7.37. The average Bonchev–Trinajstić information content (AvgIpc) is 3.20. The van der Waals surface area contributed by atoms with Gasteiger partial charge in [0, 0.05) is 16.7 Å². The Bertz CT molecular complexity index is 838. The van der Waals surface area contributed by atoms with E-state index in [1.165, 1.54) is 24.4 Å². The van der Waals surface area contributed by atoms with Crippen molar-refractivity contribution in [3.63, 3.8) is 0 Å². The lowest BCUT2D eigenvalue weighted by Crippen LogP contribution is -1.99. The quantitative estimate of drug-likeness (QED) is 0.285. The van der Waals surface area contributed by atoms with E-state index in [1.54, 1.807) is 18.2 Å². The number of aromatic amines is 1. The highest BCUT2D eigenvalue weighted by Crippen LogP contribution is 2.34. The Hall–Kier alpha value is -3.00. The average molecular weight is 328 g/mol. The van der Waals surface area contributed by atoms with Gasteiger partial charge in [0.1, 0.15) is 12.1 Å². The molecule has 0 saturated carbocycles. The third-order valence-corrected chi connectivity index (χ3v) is 3.92. The summed E-state index contributed by atoms with van der Waals surface area (Å²) in [4.78, 5) is 16.5. The molecule has 0 unspecified atom stereocenters. The number of hydrogen-bond donors (Lipinski definition) is 3. The highest BCUT2D eigenvalue weighted by atomic mass is 32.2. The molecular formula is C15H12N4O3S. The number of carbonyl (C=O) groups is 1. The molecule has 4 N–H and O–H groups in total. The molecule has 2 heterocycles. The van der Waals surface area contributed by atoms with E-state index in [2.05, 4.69) is 15.2 Å². The lowest BCUT2D eigenvalue weighted by Gasteiger charge is -2.02. The lowest BCUT2D eigenvalue weighted by atomic mass is 10.2. The van der Waals surface area contributed by atoms with Crippen LogP contribution in [0.15, 0.2) is 63.4 Å². The van der Waals surface area contributed by atoms with Crippen molar-refractivity contribution >= 4 is 29.0 Å². The van der Waals surface area contributed by atoms with Crippen LogP contribution in [0.3, 0.4) is 0 Å². The first-order chi connectivity index (χ1) is 11.1. The largest absolute Gasteiger partial charge is 0.507 e. The summed E-state index contributed by atoms with van der Waals surface area (Å²) in [5.74, 6) is -0.643. The number of nitrogens with zero attached hydrogens (tertiary/aromatic N) is 2. The second-order valence-electron chi connectivity index (χ2n) is 4.52. The van der Waals surface area contributed by atoms with Crippen LogP contribution in [-0.4, -0.2) is 26.1 Å². The Morgan fingerprint density at radius 3 is 2.78 bits per heavy atom. The molecule has 3 aromatic rings. The summed E-state index contributed by atoms with van der Waals surface area (Å²) in [5.41, 5.74) is 6.72. The molecular weight excluding hydrogens is 316 g/mol. The van der Waals surface area contributed by atoms with Gasteiger partial charge in [-0.25, -0.2) is 4.98 Å². The van der Waals surface area contributed by atoms with E-state index >= 15 is 0 Å². The highest BCUT2D eigenvalue weighted by molar-refractivity contribution is 7.99. The van der Waals surface area contributed by atoms with Crippen LogP contribution in [0, 0.1) is 0 Å². The third kappa shape index (κ3) is 3.43. The minimum atomic E-state index is -0.482. The van der Waals surface area contributed by atoms with Crippen molar-refractivity contribution in [2.45, 2.75) is 9.99 Å². The predicted octanol–water partition coefficient (Wildman–Crippen LogP) is 2.91. The summed E-state index contributed by atoms with van der Waals surface area (Å²) in [5, 5.41) is 16.7. The number of nitrogens with one attached hydrogen (secondary N) is 1. The van der Waals surface area contributed by atoms with Crippen LogP contribution in [0.25, 0.3) is 5.76 Å². The molecule has 0 bridgehead atoms. The van der Waals surface area contributed by atoms with Gasteiger partial charge in [0.25, 0.3) is 0 Å². The zero-order valence-corrected chi connectivity index (χ0v) is 12.6. The maximum absolute atomic E-state index is 11.9. The van der Waals surface area contributed by atoms with Crippen molar-refractivity contribution in [3.05, 3.63) is 60.4 Å². The number of carbonyl (C=O) groups excluding carboxylic acids is 1. The number of rotatable bonds is 5. The fourth-order valence-electron chi connectivity index (χ4n) is 1.80. The van der Waals surface area contributed by atoms with Crippen LogP contribution in [0.5, 0.6) is 0 Å². The van der Waals surface area contributed by atoms with Crippen molar-refractivity contribution in [2.75, 3.05) is 5.73 Å². The molecule has 1 aromatic carbocycles. The van der Waals surface area contributed by atoms with Gasteiger partial charge < -0.3 is 15.3 Å². The first-order valence-electron chi connectivity index (χ1n) is 6.55. The molecule has 2 aromatic heterocycles. The van der Waals surface area contributed by atoms with Crippen LogP contribution < -0.4 is 5.73 Å². The van der Waals surface area contributed by atoms with Crippen molar-refractivity contribution in [1.29, 1.82) is 0 Å². The Labute approximate surface area is 135 Å². The zero-order valence-electron chi connectivity index (χ0n) is 11.8. The molecule has 7 nitrogen and oxygen atoms in total. The Morgan fingerprint density at radius 1 is 1.30 bits per heavy atom. The minimum absolute atomic E-state index is 0.0489. The summed E-state index contributed by atoms with van der Waals surface area (Å²) in [6.45, 7) is 0. The van der Waals surface area contributed by atoms with E-state index in [0.29, 0.717) is 16.3 Å². The van der Waals surface area contributed by atoms with Gasteiger partial charge in [-0.05, 0) is 30.3 Å². The Morgan fingerprint density at radius 2 is 2.09 bits per heavy atom. The number of nitrogens with two attached hydrogens (primary N) is 1. The maximum atomic E-state index is 11.9. The standard InChI is InChI=1S/C15H12N4O3S/c16-9-1-3-10(4-2-9)23-15-11(5-6-22-15)12(20)7-13(21)14-17-8-18-19-14/h1-8,20H,16H2,(H,17,18,19).